The van der Waals surface area contributed by atoms with Crippen LogP contribution in [0.5, 0.6) is 0 Å². The van der Waals surface area contributed by atoms with Crippen molar-refractivity contribution in [1.82, 2.24) is 20.2 Å². The van der Waals surface area contributed by atoms with Gasteiger partial charge in [0.25, 0.3) is 11.5 Å². The van der Waals surface area contributed by atoms with Crippen LogP contribution in [0.15, 0.2) is 71.5 Å². The number of nitrogens with zero attached hydrogens (tertiary/aromatic N) is 2. The Kier molecular flexibility index (Phi) is 5.56. The van der Waals surface area contributed by atoms with Crippen LogP contribution in [0, 0.1) is 5.41 Å². The van der Waals surface area contributed by atoms with Gasteiger partial charge in [-0.3, -0.25) is 9.59 Å². The minimum absolute atomic E-state index is 0.0207. The largest absolute Gasteiger partial charge is 0.329 e. The second-order valence-corrected chi connectivity index (χ2v) is 10.7. The Labute approximate surface area is 205 Å². The lowest BCUT2D eigenvalue weighted by molar-refractivity contribution is 0.00270. The molecule has 1 aliphatic carbocycles. The second-order valence-electron chi connectivity index (χ2n) is 10.7. The van der Waals surface area contributed by atoms with Crippen LogP contribution >= 0.6 is 0 Å². The molecule has 2 bridgehead atoms. The molecule has 3 heterocycles. The number of rotatable bonds is 4. The van der Waals surface area contributed by atoms with Crippen LogP contribution in [0.4, 0.5) is 0 Å². The monoisotopic (exact) mass is 468 g/mol. The van der Waals surface area contributed by atoms with Gasteiger partial charge in [0.15, 0.2) is 0 Å². The zero-order valence-corrected chi connectivity index (χ0v) is 20.1. The van der Waals surface area contributed by atoms with Gasteiger partial charge in [0, 0.05) is 35.2 Å². The van der Waals surface area contributed by atoms with Crippen LogP contribution in [0.1, 0.15) is 55.1 Å². The molecule has 6 rings (SSSR count). The number of carbonyl (C=O) groups is 1. The Hall–Kier alpha value is -3.25. The summed E-state index contributed by atoms with van der Waals surface area (Å²) in [6.07, 6.45) is 6.32. The summed E-state index contributed by atoms with van der Waals surface area (Å²) in [5.41, 5.74) is 1.99. The van der Waals surface area contributed by atoms with Crippen LogP contribution in [0.3, 0.4) is 0 Å². The van der Waals surface area contributed by atoms with E-state index in [2.05, 4.69) is 51.4 Å². The van der Waals surface area contributed by atoms with Crippen molar-refractivity contribution in [3.05, 3.63) is 88.3 Å². The summed E-state index contributed by atoms with van der Waals surface area (Å²) < 4.78 is 0. The van der Waals surface area contributed by atoms with E-state index in [1.165, 1.54) is 18.1 Å². The Bertz CT molecular complexity index is 1270. The number of amides is 1. The van der Waals surface area contributed by atoms with Crippen LogP contribution in [0.2, 0.25) is 0 Å². The summed E-state index contributed by atoms with van der Waals surface area (Å²) in [6, 6.07) is 22.1. The van der Waals surface area contributed by atoms with Crippen LogP contribution in [-0.2, 0) is 6.42 Å². The molecule has 2 saturated heterocycles. The molecule has 0 unspecified atom stereocenters. The van der Waals surface area contributed by atoms with Gasteiger partial charge in [-0.2, -0.15) is 0 Å². The van der Waals surface area contributed by atoms with E-state index in [-0.39, 0.29) is 40.7 Å². The van der Waals surface area contributed by atoms with E-state index in [9.17, 15) is 9.59 Å². The van der Waals surface area contributed by atoms with Gasteiger partial charge in [-0.15, -0.1) is 0 Å². The molecule has 180 valence electrons. The maximum Gasteiger partial charge on any atom is 0.273 e. The summed E-state index contributed by atoms with van der Waals surface area (Å²) in [5, 5.41) is 3.94. The summed E-state index contributed by atoms with van der Waals surface area (Å²) in [4.78, 5) is 36.5. The van der Waals surface area contributed by atoms with Crippen molar-refractivity contribution in [3.63, 3.8) is 0 Å². The van der Waals surface area contributed by atoms with Gasteiger partial charge in [-0.05, 0) is 31.2 Å². The van der Waals surface area contributed by atoms with E-state index < -0.39 is 0 Å². The minimum Gasteiger partial charge on any atom is -0.329 e. The number of hydrogen-bond donors (Lipinski definition) is 2. The third-order valence-corrected chi connectivity index (χ3v) is 8.54. The molecule has 2 aliphatic heterocycles. The van der Waals surface area contributed by atoms with Gasteiger partial charge in [0.05, 0.1) is 6.04 Å². The fourth-order valence-electron chi connectivity index (χ4n) is 6.87. The normalized spacial score (nSPS) is 29.6. The van der Waals surface area contributed by atoms with Gasteiger partial charge in [-0.1, -0.05) is 80.4 Å². The SMILES string of the molecule is C[C@]12C[C@@H]3N[C@H]1CCCC[C@H]2N(C(=O)c1cc(=O)[nH]c(-c2ccccc2)n1)[C@H]3Cc1ccccc1. The van der Waals surface area contributed by atoms with Gasteiger partial charge < -0.3 is 15.2 Å². The molecule has 0 spiro atoms. The van der Waals surface area contributed by atoms with E-state index in [0.29, 0.717) is 11.9 Å². The van der Waals surface area contributed by atoms with Crippen molar-refractivity contribution in [2.45, 2.75) is 69.6 Å². The van der Waals surface area contributed by atoms with Crippen molar-refractivity contribution in [1.29, 1.82) is 0 Å². The number of fused-ring (bicyclic) bond motifs is 1. The fourth-order valence-corrected chi connectivity index (χ4v) is 6.87. The van der Waals surface area contributed by atoms with E-state index in [0.717, 1.165) is 37.7 Å². The lowest BCUT2D eigenvalue weighted by Gasteiger charge is -2.51. The van der Waals surface area contributed by atoms with E-state index in [1.54, 1.807) is 0 Å². The second kappa shape index (κ2) is 8.76. The molecule has 1 amide bonds. The van der Waals surface area contributed by atoms with E-state index in [4.69, 9.17) is 0 Å². The molecular weight excluding hydrogens is 436 g/mol. The standard InChI is InChI=1S/C29H32N4O2/c1-29-18-22-23(16-19-10-4-2-5-11-19)33(25(29)15-9-8-14-24(29)30-22)28(35)21-17-26(34)32-27(31-21)20-12-6-3-7-13-20/h2-7,10-13,17,22-25,30H,8-9,14-16,18H2,1H3,(H,31,32,34)/t22-,23-,24-,25+,29-/m0/s1. The highest BCUT2D eigenvalue weighted by molar-refractivity contribution is 5.93. The zero-order valence-electron chi connectivity index (χ0n) is 20.1. The van der Waals surface area contributed by atoms with Gasteiger partial charge in [-0.25, -0.2) is 4.98 Å². The molecule has 2 N–H and O–H groups in total. The predicted molar refractivity (Wildman–Crippen MR) is 136 cm³/mol. The highest BCUT2D eigenvalue weighted by Crippen LogP contribution is 2.51. The predicted octanol–water partition coefficient (Wildman–Crippen LogP) is 4.18. The number of H-pyrrole nitrogens is 1. The molecule has 6 heteroatoms. The number of aromatic amines is 1. The van der Waals surface area contributed by atoms with Crippen LogP contribution < -0.4 is 10.9 Å². The summed E-state index contributed by atoms with van der Waals surface area (Å²) in [7, 11) is 0. The third kappa shape index (κ3) is 3.90. The van der Waals surface area contributed by atoms with Crippen molar-refractivity contribution in [2.75, 3.05) is 0 Å². The lowest BCUT2D eigenvalue weighted by atomic mass is 9.69. The maximum atomic E-state index is 14.3. The average Bonchev–Trinajstić information content (AvgIpc) is 3.08. The van der Waals surface area contributed by atoms with Gasteiger partial charge in [0.2, 0.25) is 0 Å². The molecule has 3 fully saturated rings. The van der Waals surface area contributed by atoms with Crippen molar-refractivity contribution in [3.8, 4) is 11.4 Å². The van der Waals surface area contributed by atoms with Gasteiger partial charge >= 0.3 is 0 Å². The first-order valence-corrected chi connectivity index (χ1v) is 12.8. The van der Waals surface area contributed by atoms with Crippen molar-refractivity contribution >= 4 is 5.91 Å². The van der Waals surface area contributed by atoms with E-state index >= 15 is 0 Å². The molecule has 1 saturated carbocycles. The molecule has 35 heavy (non-hydrogen) atoms. The summed E-state index contributed by atoms with van der Waals surface area (Å²) >= 11 is 0. The molecule has 1 aromatic heterocycles. The maximum absolute atomic E-state index is 14.3. The van der Waals surface area contributed by atoms with Crippen LogP contribution in [-0.4, -0.2) is 44.9 Å². The Morgan fingerprint density at radius 3 is 2.54 bits per heavy atom. The molecule has 6 nitrogen and oxygen atoms in total. The lowest BCUT2D eigenvalue weighted by Crippen LogP contribution is -2.61. The molecule has 0 radical (unpaired) electrons. The first kappa shape index (κ1) is 22.2. The Morgan fingerprint density at radius 2 is 1.77 bits per heavy atom. The minimum atomic E-state index is -0.301. The fraction of sp³-hybridized carbons (Fsp3) is 0.414. The molecule has 2 aromatic carbocycles. The number of nitrogens with one attached hydrogen (secondary N) is 2. The highest BCUT2D eigenvalue weighted by atomic mass is 16.2. The number of likely N-dealkylation sites (tertiary alicyclic amines) is 1. The van der Waals surface area contributed by atoms with Crippen molar-refractivity contribution < 1.29 is 4.79 Å². The van der Waals surface area contributed by atoms with Crippen LogP contribution in [0.25, 0.3) is 11.4 Å². The summed E-state index contributed by atoms with van der Waals surface area (Å²) in [5.74, 6) is 0.309. The first-order valence-electron chi connectivity index (χ1n) is 12.8. The van der Waals surface area contributed by atoms with Crippen molar-refractivity contribution in [2.24, 2.45) is 5.41 Å². The molecule has 5 atom stereocenters. The highest BCUT2D eigenvalue weighted by Gasteiger charge is 2.59. The molecule has 3 aliphatic rings. The summed E-state index contributed by atoms with van der Waals surface area (Å²) in [6.45, 7) is 2.36. The quantitative estimate of drug-likeness (QED) is 0.602. The Morgan fingerprint density at radius 1 is 1.06 bits per heavy atom. The third-order valence-electron chi connectivity index (χ3n) is 8.54. The van der Waals surface area contributed by atoms with Gasteiger partial charge in [0.1, 0.15) is 11.5 Å². The number of aromatic nitrogens is 2. The topological polar surface area (TPSA) is 78.1 Å². The number of benzene rings is 2. The Balaban J connectivity index is 1.43. The smallest absolute Gasteiger partial charge is 0.273 e. The average molecular weight is 469 g/mol. The zero-order chi connectivity index (χ0) is 24.0. The molecule has 3 aromatic rings. The number of piperidine rings is 1. The first-order chi connectivity index (χ1) is 17.0. The number of carbonyl (C=O) groups excluding carboxylic acids is 1. The van der Waals surface area contributed by atoms with E-state index in [1.807, 2.05) is 36.4 Å². The molecular formula is C29H32N4O2. The number of hydrogen-bond acceptors (Lipinski definition) is 4.